The molecule has 0 spiro atoms. The predicted molar refractivity (Wildman–Crippen MR) is 80.6 cm³/mol. The van der Waals surface area contributed by atoms with Crippen LogP contribution in [0.4, 0.5) is 0 Å². The summed E-state index contributed by atoms with van der Waals surface area (Å²) in [6, 6.07) is 4.45. The molecule has 0 radical (unpaired) electrons. The van der Waals surface area contributed by atoms with Crippen molar-refractivity contribution in [1.29, 1.82) is 0 Å². The van der Waals surface area contributed by atoms with Crippen LogP contribution in [0.25, 0.3) is 0 Å². The minimum atomic E-state index is -3.69. The number of methoxy groups -OCH3 is 1. The van der Waals surface area contributed by atoms with E-state index in [1.165, 1.54) is 33.3 Å². The van der Waals surface area contributed by atoms with E-state index in [9.17, 15) is 13.2 Å². The third-order valence-electron chi connectivity index (χ3n) is 3.47. The maximum absolute atomic E-state index is 12.5. The first kappa shape index (κ1) is 16.7. The van der Waals surface area contributed by atoms with Crippen molar-refractivity contribution in [2.75, 3.05) is 47.5 Å². The van der Waals surface area contributed by atoms with Gasteiger partial charge in [-0.05, 0) is 18.2 Å². The third-order valence-corrected chi connectivity index (χ3v) is 5.30. The van der Waals surface area contributed by atoms with Gasteiger partial charge in [-0.25, -0.2) is 12.7 Å². The van der Waals surface area contributed by atoms with E-state index in [0.717, 1.165) is 4.31 Å². The first-order chi connectivity index (χ1) is 10.4. The Labute approximate surface area is 130 Å². The molecule has 1 aliphatic rings. The highest BCUT2D eigenvalue weighted by Crippen LogP contribution is 2.27. The molecule has 0 aromatic heterocycles. The van der Waals surface area contributed by atoms with Crippen LogP contribution in [0.3, 0.4) is 0 Å². The Kier molecular flexibility index (Phi) is 5.05. The van der Waals surface area contributed by atoms with Gasteiger partial charge in [0.15, 0.2) is 0 Å². The zero-order chi connectivity index (χ0) is 16.3. The molecule has 1 heterocycles. The molecule has 0 atom stereocenters. The van der Waals surface area contributed by atoms with Gasteiger partial charge in [0.25, 0.3) is 5.91 Å². The second-order valence-corrected chi connectivity index (χ2v) is 7.18. The first-order valence-corrected chi connectivity index (χ1v) is 8.29. The number of morpholine rings is 1. The highest BCUT2D eigenvalue weighted by Gasteiger charge is 2.25. The van der Waals surface area contributed by atoms with Crippen LogP contribution in [0.2, 0.25) is 0 Å². The van der Waals surface area contributed by atoms with E-state index in [0.29, 0.717) is 31.9 Å². The van der Waals surface area contributed by atoms with Crippen molar-refractivity contribution in [3.8, 4) is 5.75 Å². The molecule has 122 valence electrons. The summed E-state index contributed by atoms with van der Waals surface area (Å²) in [6.07, 6.45) is 0. The van der Waals surface area contributed by atoms with Crippen molar-refractivity contribution in [3.63, 3.8) is 0 Å². The summed E-state index contributed by atoms with van der Waals surface area (Å²) in [5.74, 6) is 0.00777. The number of nitrogens with zero attached hydrogens (tertiary/aromatic N) is 2. The molecule has 1 aromatic carbocycles. The Balaban J connectivity index is 2.41. The normalized spacial score (nSPS) is 15.9. The zero-order valence-corrected chi connectivity index (χ0v) is 13.7. The molecule has 0 aliphatic carbocycles. The molecule has 8 heteroatoms. The van der Waals surface area contributed by atoms with Gasteiger partial charge in [-0.2, -0.15) is 0 Å². The molecule has 1 aromatic rings. The van der Waals surface area contributed by atoms with Gasteiger partial charge in [0.1, 0.15) is 10.6 Å². The standard InChI is InChI=1S/C14H20N2O5S/c1-15(2)22(18,19)13-10-11(4-5-12(13)20-3)14(17)16-6-8-21-9-7-16/h4-5,10H,6-9H2,1-3H3. The van der Waals surface area contributed by atoms with Crippen LogP contribution in [0.1, 0.15) is 10.4 Å². The smallest absolute Gasteiger partial charge is 0.254 e. The second kappa shape index (κ2) is 6.64. The second-order valence-electron chi connectivity index (χ2n) is 5.06. The molecule has 0 N–H and O–H groups in total. The Morgan fingerprint density at radius 3 is 2.45 bits per heavy atom. The highest BCUT2D eigenvalue weighted by molar-refractivity contribution is 7.89. The number of rotatable bonds is 4. The molecule has 1 saturated heterocycles. The zero-order valence-electron chi connectivity index (χ0n) is 12.9. The van der Waals surface area contributed by atoms with Gasteiger partial charge in [-0.3, -0.25) is 4.79 Å². The summed E-state index contributed by atoms with van der Waals surface area (Å²) in [5, 5.41) is 0. The van der Waals surface area contributed by atoms with Crippen molar-refractivity contribution < 1.29 is 22.7 Å². The molecule has 0 saturated carbocycles. The Hall–Kier alpha value is -1.64. The number of ether oxygens (including phenoxy) is 2. The molecule has 1 amide bonds. The predicted octanol–water partition coefficient (Wildman–Crippen LogP) is 0.418. The molecule has 7 nitrogen and oxygen atoms in total. The molecular weight excluding hydrogens is 308 g/mol. The Morgan fingerprint density at radius 1 is 1.27 bits per heavy atom. The number of sulfonamides is 1. The summed E-state index contributed by atoms with van der Waals surface area (Å²) in [5.41, 5.74) is 0.322. The van der Waals surface area contributed by atoms with Crippen LogP contribution < -0.4 is 4.74 Å². The third kappa shape index (κ3) is 3.23. The van der Waals surface area contributed by atoms with E-state index < -0.39 is 10.0 Å². The van der Waals surface area contributed by atoms with E-state index in [4.69, 9.17) is 9.47 Å². The average molecular weight is 328 g/mol. The van der Waals surface area contributed by atoms with E-state index in [1.54, 1.807) is 11.0 Å². The van der Waals surface area contributed by atoms with Gasteiger partial charge in [-0.1, -0.05) is 0 Å². The van der Waals surface area contributed by atoms with Crippen LogP contribution in [-0.2, 0) is 14.8 Å². The van der Waals surface area contributed by atoms with Crippen LogP contribution >= 0.6 is 0 Å². The first-order valence-electron chi connectivity index (χ1n) is 6.85. The van der Waals surface area contributed by atoms with E-state index in [2.05, 4.69) is 0 Å². The number of hydrogen-bond donors (Lipinski definition) is 0. The number of hydrogen-bond acceptors (Lipinski definition) is 5. The fraction of sp³-hybridized carbons (Fsp3) is 0.500. The van der Waals surface area contributed by atoms with Crippen molar-refractivity contribution in [1.82, 2.24) is 9.21 Å². The molecular formula is C14H20N2O5S. The molecule has 0 bridgehead atoms. The van der Waals surface area contributed by atoms with Gasteiger partial charge < -0.3 is 14.4 Å². The van der Waals surface area contributed by atoms with Crippen LogP contribution in [0.5, 0.6) is 5.75 Å². The fourth-order valence-electron chi connectivity index (χ4n) is 2.16. The number of amides is 1. The Bertz CT molecular complexity index is 651. The van der Waals surface area contributed by atoms with Crippen molar-refractivity contribution in [2.45, 2.75) is 4.90 Å². The van der Waals surface area contributed by atoms with Gasteiger partial charge in [0.05, 0.1) is 20.3 Å². The van der Waals surface area contributed by atoms with Crippen LogP contribution in [0, 0.1) is 0 Å². The lowest BCUT2D eigenvalue weighted by Crippen LogP contribution is -2.40. The highest BCUT2D eigenvalue weighted by atomic mass is 32.2. The Morgan fingerprint density at radius 2 is 1.91 bits per heavy atom. The monoisotopic (exact) mass is 328 g/mol. The van der Waals surface area contributed by atoms with Crippen LogP contribution in [-0.4, -0.2) is 71.0 Å². The SMILES string of the molecule is COc1ccc(C(=O)N2CCOCC2)cc1S(=O)(=O)N(C)C. The van der Waals surface area contributed by atoms with Crippen molar-refractivity contribution in [2.24, 2.45) is 0 Å². The number of benzene rings is 1. The molecule has 2 rings (SSSR count). The lowest BCUT2D eigenvalue weighted by Gasteiger charge is -2.27. The van der Waals surface area contributed by atoms with Gasteiger partial charge in [0, 0.05) is 32.7 Å². The van der Waals surface area contributed by atoms with Gasteiger partial charge in [-0.15, -0.1) is 0 Å². The quantitative estimate of drug-likeness (QED) is 0.800. The lowest BCUT2D eigenvalue weighted by molar-refractivity contribution is 0.0302. The number of carbonyl (C=O) groups excluding carboxylic acids is 1. The molecule has 1 fully saturated rings. The fourth-order valence-corrected chi connectivity index (χ4v) is 3.23. The molecule has 0 unspecified atom stereocenters. The molecule has 22 heavy (non-hydrogen) atoms. The van der Waals surface area contributed by atoms with Crippen LogP contribution in [0.15, 0.2) is 23.1 Å². The molecule has 1 aliphatic heterocycles. The van der Waals surface area contributed by atoms with Gasteiger partial charge in [0.2, 0.25) is 10.0 Å². The summed E-state index contributed by atoms with van der Waals surface area (Å²) < 4.78 is 36.1. The summed E-state index contributed by atoms with van der Waals surface area (Å²) in [7, 11) is 0.574. The van der Waals surface area contributed by atoms with Crippen molar-refractivity contribution >= 4 is 15.9 Å². The topological polar surface area (TPSA) is 76.1 Å². The summed E-state index contributed by atoms with van der Waals surface area (Å²) >= 11 is 0. The van der Waals surface area contributed by atoms with E-state index >= 15 is 0 Å². The number of carbonyl (C=O) groups is 1. The minimum absolute atomic E-state index is 0.0147. The lowest BCUT2D eigenvalue weighted by atomic mass is 10.2. The van der Waals surface area contributed by atoms with Gasteiger partial charge >= 0.3 is 0 Å². The largest absolute Gasteiger partial charge is 0.495 e. The van der Waals surface area contributed by atoms with E-state index in [1.807, 2.05) is 0 Å². The summed E-state index contributed by atoms with van der Waals surface area (Å²) in [6.45, 7) is 1.98. The summed E-state index contributed by atoms with van der Waals surface area (Å²) in [4.78, 5) is 14.1. The average Bonchev–Trinajstić information content (AvgIpc) is 2.54. The van der Waals surface area contributed by atoms with Crippen molar-refractivity contribution in [3.05, 3.63) is 23.8 Å². The maximum atomic E-state index is 12.5. The maximum Gasteiger partial charge on any atom is 0.254 e. The minimum Gasteiger partial charge on any atom is -0.495 e. The van der Waals surface area contributed by atoms with E-state index in [-0.39, 0.29) is 16.6 Å².